The van der Waals surface area contributed by atoms with E-state index in [2.05, 4.69) is 10.3 Å². The van der Waals surface area contributed by atoms with Gasteiger partial charge in [0.25, 0.3) is 0 Å². The van der Waals surface area contributed by atoms with Crippen molar-refractivity contribution in [2.45, 2.75) is 25.8 Å². The molecular weight excluding hydrogens is 144 g/mol. The highest BCUT2D eigenvalue weighted by Crippen LogP contribution is 2.28. The monoisotopic (exact) mass is 158 g/mol. The summed E-state index contributed by atoms with van der Waals surface area (Å²) < 4.78 is 0. The standard InChI is InChI=1S/C7H14N2O2/c1-7(2)4-5-9(7)6(10)8-11-3/h4-5H2,1-3H3,(H,8,10). The van der Waals surface area contributed by atoms with Crippen LogP contribution in [0.15, 0.2) is 0 Å². The SMILES string of the molecule is CONC(=O)N1CCC1(C)C. The molecule has 0 aromatic rings. The lowest BCUT2D eigenvalue weighted by atomic mass is 9.90. The Hall–Kier alpha value is -0.770. The van der Waals surface area contributed by atoms with Crippen LogP contribution in [0.25, 0.3) is 0 Å². The highest BCUT2D eigenvalue weighted by Gasteiger charge is 2.39. The van der Waals surface area contributed by atoms with Crippen molar-refractivity contribution < 1.29 is 9.63 Å². The third kappa shape index (κ3) is 1.45. The lowest BCUT2D eigenvalue weighted by Gasteiger charge is -2.47. The van der Waals surface area contributed by atoms with Gasteiger partial charge in [-0.05, 0) is 20.3 Å². The molecule has 1 saturated heterocycles. The highest BCUT2D eigenvalue weighted by molar-refractivity contribution is 5.74. The Balaban J connectivity index is 2.43. The average molecular weight is 158 g/mol. The summed E-state index contributed by atoms with van der Waals surface area (Å²) in [5.41, 5.74) is 2.29. The maximum absolute atomic E-state index is 11.1. The molecule has 1 heterocycles. The number of hydrogen-bond donors (Lipinski definition) is 1. The van der Waals surface area contributed by atoms with Gasteiger partial charge in [0.15, 0.2) is 0 Å². The van der Waals surface area contributed by atoms with Gasteiger partial charge in [0.05, 0.1) is 7.11 Å². The zero-order valence-electron chi connectivity index (χ0n) is 7.18. The number of nitrogens with one attached hydrogen (secondary N) is 1. The predicted molar refractivity (Wildman–Crippen MR) is 40.9 cm³/mol. The molecule has 0 bridgehead atoms. The first kappa shape index (κ1) is 8.33. The number of urea groups is 1. The summed E-state index contributed by atoms with van der Waals surface area (Å²) in [6.07, 6.45) is 1.06. The summed E-state index contributed by atoms with van der Waals surface area (Å²) in [6.45, 7) is 4.89. The van der Waals surface area contributed by atoms with Crippen LogP contribution in [0, 0.1) is 0 Å². The highest BCUT2D eigenvalue weighted by atomic mass is 16.6. The molecule has 1 N–H and O–H groups in total. The van der Waals surface area contributed by atoms with Gasteiger partial charge in [-0.2, -0.15) is 0 Å². The van der Waals surface area contributed by atoms with E-state index in [0.29, 0.717) is 0 Å². The van der Waals surface area contributed by atoms with Crippen LogP contribution in [0.1, 0.15) is 20.3 Å². The summed E-state index contributed by atoms with van der Waals surface area (Å²) in [5.74, 6) is 0. The molecule has 11 heavy (non-hydrogen) atoms. The Morgan fingerprint density at radius 3 is 2.55 bits per heavy atom. The van der Waals surface area contributed by atoms with Crippen LogP contribution in [0.5, 0.6) is 0 Å². The Labute approximate surface area is 66.5 Å². The van der Waals surface area contributed by atoms with Crippen molar-refractivity contribution in [3.63, 3.8) is 0 Å². The summed E-state index contributed by atoms with van der Waals surface area (Å²) in [5, 5.41) is 0. The third-order valence-electron chi connectivity index (χ3n) is 2.11. The fourth-order valence-corrected chi connectivity index (χ4v) is 1.19. The molecule has 64 valence electrons. The Morgan fingerprint density at radius 2 is 2.27 bits per heavy atom. The first-order valence-electron chi connectivity index (χ1n) is 3.68. The molecule has 0 aromatic carbocycles. The van der Waals surface area contributed by atoms with Crippen molar-refractivity contribution in [2.75, 3.05) is 13.7 Å². The number of hydroxylamine groups is 1. The molecule has 1 aliphatic heterocycles. The number of carbonyl (C=O) groups is 1. The second-order valence-electron chi connectivity index (χ2n) is 3.33. The van der Waals surface area contributed by atoms with Crippen LogP contribution in [-0.4, -0.2) is 30.1 Å². The van der Waals surface area contributed by atoms with E-state index in [4.69, 9.17) is 0 Å². The van der Waals surface area contributed by atoms with Crippen LogP contribution in [0.3, 0.4) is 0 Å². The summed E-state index contributed by atoms with van der Waals surface area (Å²) in [4.78, 5) is 17.4. The molecule has 0 saturated carbocycles. The lowest BCUT2D eigenvalue weighted by Crippen LogP contribution is -2.60. The predicted octanol–water partition coefficient (Wildman–Crippen LogP) is 0.742. The van der Waals surface area contributed by atoms with E-state index < -0.39 is 0 Å². The number of carbonyl (C=O) groups excluding carboxylic acids is 1. The number of amides is 2. The van der Waals surface area contributed by atoms with E-state index in [0.717, 1.165) is 13.0 Å². The minimum atomic E-state index is -0.149. The van der Waals surface area contributed by atoms with E-state index in [1.54, 1.807) is 4.90 Å². The van der Waals surface area contributed by atoms with Crippen molar-refractivity contribution in [3.8, 4) is 0 Å². The van der Waals surface area contributed by atoms with Crippen LogP contribution in [0.2, 0.25) is 0 Å². The van der Waals surface area contributed by atoms with Gasteiger partial charge in [-0.25, -0.2) is 10.3 Å². The topological polar surface area (TPSA) is 41.6 Å². The van der Waals surface area contributed by atoms with Gasteiger partial charge >= 0.3 is 6.03 Å². The molecule has 0 spiro atoms. The largest absolute Gasteiger partial charge is 0.341 e. The second kappa shape index (κ2) is 2.70. The summed E-state index contributed by atoms with van der Waals surface area (Å²) in [7, 11) is 1.44. The van der Waals surface area contributed by atoms with E-state index in [9.17, 15) is 4.79 Å². The van der Waals surface area contributed by atoms with Crippen molar-refractivity contribution in [2.24, 2.45) is 0 Å². The fraction of sp³-hybridized carbons (Fsp3) is 0.857. The molecule has 0 aromatic heterocycles. The minimum absolute atomic E-state index is 0.00259. The van der Waals surface area contributed by atoms with Gasteiger partial charge in [0, 0.05) is 12.1 Å². The molecule has 1 aliphatic rings. The normalized spacial score (nSPS) is 20.8. The van der Waals surface area contributed by atoms with Crippen molar-refractivity contribution in [3.05, 3.63) is 0 Å². The molecule has 0 radical (unpaired) electrons. The maximum atomic E-state index is 11.1. The van der Waals surface area contributed by atoms with Crippen LogP contribution < -0.4 is 5.48 Å². The summed E-state index contributed by atoms with van der Waals surface area (Å²) in [6, 6.07) is -0.149. The fourth-order valence-electron chi connectivity index (χ4n) is 1.19. The third-order valence-corrected chi connectivity index (χ3v) is 2.11. The molecule has 1 rings (SSSR count). The second-order valence-corrected chi connectivity index (χ2v) is 3.33. The molecule has 0 atom stereocenters. The van der Waals surface area contributed by atoms with Crippen LogP contribution in [-0.2, 0) is 4.84 Å². The number of likely N-dealkylation sites (tertiary alicyclic amines) is 1. The molecular formula is C7H14N2O2. The zero-order valence-corrected chi connectivity index (χ0v) is 7.18. The maximum Gasteiger partial charge on any atom is 0.341 e. The molecule has 4 nitrogen and oxygen atoms in total. The smallest absolute Gasteiger partial charge is 0.318 e. The van der Waals surface area contributed by atoms with E-state index in [-0.39, 0.29) is 11.6 Å². The number of nitrogens with zero attached hydrogens (tertiary/aromatic N) is 1. The first-order valence-corrected chi connectivity index (χ1v) is 3.68. The van der Waals surface area contributed by atoms with Crippen LogP contribution in [0.4, 0.5) is 4.79 Å². The van der Waals surface area contributed by atoms with Gasteiger partial charge < -0.3 is 4.90 Å². The van der Waals surface area contributed by atoms with E-state index in [1.807, 2.05) is 13.8 Å². The number of rotatable bonds is 1. The van der Waals surface area contributed by atoms with Crippen molar-refractivity contribution >= 4 is 6.03 Å². The molecule has 2 amide bonds. The average Bonchev–Trinajstić information content (AvgIpc) is 1.86. The van der Waals surface area contributed by atoms with Gasteiger partial charge in [-0.1, -0.05) is 0 Å². The molecule has 0 unspecified atom stereocenters. The Bertz CT molecular complexity index is 168. The Morgan fingerprint density at radius 1 is 1.64 bits per heavy atom. The van der Waals surface area contributed by atoms with Gasteiger partial charge in [0.1, 0.15) is 0 Å². The first-order chi connectivity index (χ1) is 5.08. The van der Waals surface area contributed by atoms with E-state index in [1.165, 1.54) is 7.11 Å². The molecule has 4 heteroatoms. The van der Waals surface area contributed by atoms with Crippen molar-refractivity contribution in [1.29, 1.82) is 0 Å². The molecule has 1 fully saturated rings. The molecule has 0 aliphatic carbocycles. The lowest BCUT2D eigenvalue weighted by molar-refractivity contribution is 0.0182. The zero-order chi connectivity index (χ0) is 8.48. The van der Waals surface area contributed by atoms with Gasteiger partial charge in [0.2, 0.25) is 0 Å². The van der Waals surface area contributed by atoms with Gasteiger partial charge in [-0.15, -0.1) is 0 Å². The van der Waals surface area contributed by atoms with Crippen LogP contribution >= 0.6 is 0 Å². The van der Waals surface area contributed by atoms with Gasteiger partial charge in [-0.3, -0.25) is 4.84 Å². The quantitative estimate of drug-likeness (QED) is 0.572. The minimum Gasteiger partial charge on any atom is -0.318 e. The Kier molecular flexibility index (Phi) is 2.04. The van der Waals surface area contributed by atoms with E-state index >= 15 is 0 Å². The number of hydrogen-bond acceptors (Lipinski definition) is 2. The van der Waals surface area contributed by atoms with Crippen molar-refractivity contribution in [1.82, 2.24) is 10.4 Å². The summed E-state index contributed by atoms with van der Waals surface area (Å²) >= 11 is 0.